The van der Waals surface area contributed by atoms with Crippen LogP contribution in [-0.2, 0) is 38.4 Å². The van der Waals surface area contributed by atoms with E-state index in [4.69, 9.17) is 15.3 Å². The van der Waals surface area contributed by atoms with Crippen molar-refractivity contribution in [1.29, 1.82) is 0 Å². The molecule has 2 saturated heterocycles. The second-order valence-electron chi connectivity index (χ2n) is 15.0. The van der Waals surface area contributed by atoms with Gasteiger partial charge in [-0.15, -0.1) is 0 Å². The molecule has 3 rings (SSSR count). The third-order valence-electron chi connectivity index (χ3n) is 10.8. The molecule has 7 N–H and O–H groups in total. The van der Waals surface area contributed by atoms with Crippen molar-refractivity contribution in [2.45, 2.75) is 160 Å². The Morgan fingerprint density at radius 3 is 1.96 bits per heavy atom. The summed E-state index contributed by atoms with van der Waals surface area (Å²) in [5, 5.41) is 21.3. The van der Waals surface area contributed by atoms with Crippen LogP contribution < -0.4 is 27.0 Å². The van der Waals surface area contributed by atoms with Crippen LogP contribution in [0.15, 0.2) is 0 Å². The smallest absolute Gasteiger partial charge is 0.373 e. The lowest BCUT2D eigenvalue weighted by atomic mass is 9.79. The molecule has 3 aliphatic rings. The number of amides is 6. The number of likely N-dealkylation sites (tertiary alicyclic amines) is 2. The Morgan fingerprint density at radius 2 is 1.35 bits per heavy atom. The van der Waals surface area contributed by atoms with Crippen molar-refractivity contribution in [2.75, 3.05) is 26.2 Å². The summed E-state index contributed by atoms with van der Waals surface area (Å²) in [6, 6.07) is -4.58. The molecule has 1 aliphatic carbocycles. The van der Waals surface area contributed by atoms with Crippen molar-refractivity contribution >= 4 is 41.6 Å². The van der Waals surface area contributed by atoms with E-state index < -0.39 is 59.9 Å². The predicted molar refractivity (Wildman–Crippen MR) is 199 cm³/mol. The van der Waals surface area contributed by atoms with E-state index in [9.17, 15) is 33.9 Å². The van der Waals surface area contributed by atoms with E-state index in [0.29, 0.717) is 83.5 Å². The largest absolute Gasteiger partial charge is 0.391 e. The zero-order valence-electron chi connectivity index (χ0n) is 32.7. The summed E-state index contributed by atoms with van der Waals surface area (Å²) < 4.78 is 0. The standard InChI is InChI=1S/C37H65N7O7.CO2/c1-5-20-39-35(49)32(26(4)45)42-34(48)30-18-13-22-43(30)36(50)25(3)40-33(47)29-17-10-12-21-44(29)37(51)28(16-9-11-19-38)41-31(46)23-24(2)27-14-7-6-8-15-27;2-1-3/h24-30,32,45H,5-23,38H2,1-4H3,(H,39,49)(H,40,47)(H,41,46)(H,42,48);/t24-,25-,26?,28-,29-,30-,32-;/m0./s1. The molecule has 54 heavy (non-hydrogen) atoms. The van der Waals surface area contributed by atoms with Crippen LogP contribution >= 0.6 is 0 Å². The maximum atomic E-state index is 14.1. The quantitative estimate of drug-likeness (QED) is 0.108. The van der Waals surface area contributed by atoms with E-state index in [1.54, 1.807) is 11.8 Å². The first kappa shape index (κ1) is 46.3. The van der Waals surface area contributed by atoms with Crippen LogP contribution in [0.2, 0.25) is 0 Å². The average molecular weight is 764 g/mol. The summed E-state index contributed by atoms with van der Waals surface area (Å²) in [4.78, 5) is 99.7. The number of unbranched alkanes of at least 4 members (excludes halogenated alkanes) is 1. The van der Waals surface area contributed by atoms with E-state index in [0.717, 1.165) is 25.7 Å². The molecule has 3 fully saturated rings. The topological polar surface area (TPSA) is 237 Å². The van der Waals surface area contributed by atoms with Crippen LogP contribution in [-0.4, -0.2) is 119 Å². The molecule has 0 bridgehead atoms. The minimum atomic E-state index is -1.17. The van der Waals surface area contributed by atoms with Crippen LogP contribution in [0.25, 0.3) is 0 Å². The van der Waals surface area contributed by atoms with Gasteiger partial charge in [-0.2, -0.15) is 9.59 Å². The first-order valence-corrected chi connectivity index (χ1v) is 20.0. The van der Waals surface area contributed by atoms with Gasteiger partial charge in [0.1, 0.15) is 30.2 Å². The minimum Gasteiger partial charge on any atom is -0.391 e. The first-order chi connectivity index (χ1) is 25.8. The molecule has 0 aromatic rings. The lowest BCUT2D eigenvalue weighted by Crippen LogP contribution is -2.60. The fourth-order valence-electron chi connectivity index (χ4n) is 7.77. The van der Waals surface area contributed by atoms with Crippen LogP contribution in [0.5, 0.6) is 0 Å². The highest BCUT2D eigenvalue weighted by atomic mass is 16.3. The average Bonchev–Trinajstić information content (AvgIpc) is 3.66. The number of rotatable bonds is 18. The van der Waals surface area contributed by atoms with Crippen LogP contribution in [0, 0.1) is 11.8 Å². The van der Waals surface area contributed by atoms with Gasteiger partial charge in [0, 0.05) is 26.1 Å². The molecule has 2 heterocycles. The third-order valence-corrected chi connectivity index (χ3v) is 10.8. The van der Waals surface area contributed by atoms with Gasteiger partial charge in [-0.3, -0.25) is 28.8 Å². The van der Waals surface area contributed by atoms with Gasteiger partial charge in [0.2, 0.25) is 35.4 Å². The highest BCUT2D eigenvalue weighted by Crippen LogP contribution is 2.31. The van der Waals surface area contributed by atoms with Crippen LogP contribution in [0.1, 0.15) is 124 Å². The number of aliphatic hydroxyl groups excluding tert-OH is 1. The number of piperidine rings is 1. The summed E-state index contributed by atoms with van der Waals surface area (Å²) in [5.74, 6) is -1.65. The monoisotopic (exact) mass is 763 g/mol. The van der Waals surface area contributed by atoms with Gasteiger partial charge in [0.25, 0.3) is 0 Å². The molecular formula is C38H65N7O9. The molecule has 7 atom stereocenters. The maximum Gasteiger partial charge on any atom is 0.373 e. The van der Waals surface area contributed by atoms with Crippen LogP contribution in [0.4, 0.5) is 0 Å². The minimum absolute atomic E-state index is 0.151. The van der Waals surface area contributed by atoms with Gasteiger partial charge in [0.15, 0.2) is 0 Å². The van der Waals surface area contributed by atoms with Gasteiger partial charge in [-0.05, 0) is 90.0 Å². The SMILES string of the molecule is CCCNC(=O)[C@@H](NC(=O)[C@@H]1CCCN1C(=O)[C@H](C)NC(=O)[C@@H]1CCCCN1C(=O)[C@H](CCCCN)NC(=O)C[C@H](C)C1CCCCC1)C(C)O.O=C=O. The molecule has 1 unspecified atom stereocenters. The Bertz CT molecular complexity index is 1270. The Labute approximate surface area is 319 Å². The lowest BCUT2D eigenvalue weighted by molar-refractivity contribution is -0.191. The third kappa shape index (κ3) is 14.4. The predicted octanol–water partition coefficient (Wildman–Crippen LogP) is 0.892. The van der Waals surface area contributed by atoms with E-state index in [-0.39, 0.29) is 23.9 Å². The maximum absolute atomic E-state index is 14.1. The van der Waals surface area contributed by atoms with Crippen molar-refractivity contribution < 1.29 is 43.5 Å². The zero-order chi connectivity index (χ0) is 40.2. The highest BCUT2D eigenvalue weighted by Gasteiger charge is 2.41. The van der Waals surface area contributed by atoms with Gasteiger partial charge >= 0.3 is 6.15 Å². The molecule has 2 aliphatic heterocycles. The van der Waals surface area contributed by atoms with Crippen LogP contribution in [0.3, 0.4) is 0 Å². The Balaban J connectivity index is 0.00000325. The van der Waals surface area contributed by atoms with Crippen molar-refractivity contribution in [3.8, 4) is 0 Å². The van der Waals surface area contributed by atoms with Gasteiger partial charge in [-0.25, -0.2) is 0 Å². The molecule has 306 valence electrons. The normalized spacial score (nSPS) is 21.5. The van der Waals surface area contributed by atoms with E-state index in [1.807, 2.05) is 6.92 Å². The Morgan fingerprint density at radius 1 is 0.778 bits per heavy atom. The van der Waals surface area contributed by atoms with Gasteiger partial charge < -0.3 is 41.9 Å². The van der Waals surface area contributed by atoms with Crippen molar-refractivity contribution in [3.05, 3.63) is 0 Å². The summed E-state index contributed by atoms with van der Waals surface area (Å²) in [6.07, 6.45) is 10.7. The molecule has 16 nitrogen and oxygen atoms in total. The van der Waals surface area contributed by atoms with E-state index >= 15 is 0 Å². The number of carbonyl (C=O) groups excluding carboxylic acids is 8. The number of carbonyl (C=O) groups is 6. The highest BCUT2D eigenvalue weighted by molar-refractivity contribution is 5.96. The summed E-state index contributed by atoms with van der Waals surface area (Å²) in [6.45, 7) is 8.53. The summed E-state index contributed by atoms with van der Waals surface area (Å²) >= 11 is 0. The second-order valence-corrected chi connectivity index (χ2v) is 15.0. The summed E-state index contributed by atoms with van der Waals surface area (Å²) in [5.41, 5.74) is 5.73. The van der Waals surface area contributed by atoms with Gasteiger partial charge in [-0.1, -0.05) is 46.0 Å². The molecular weight excluding hydrogens is 698 g/mol. The number of hydrogen-bond donors (Lipinski definition) is 6. The van der Waals surface area contributed by atoms with E-state index in [2.05, 4.69) is 28.2 Å². The number of nitrogens with zero attached hydrogens (tertiary/aromatic N) is 2. The summed E-state index contributed by atoms with van der Waals surface area (Å²) in [7, 11) is 0. The van der Waals surface area contributed by atoms with Crippen molar-refractivity contribution in [1.82, 2.24) is 31.1 Å². The van der Waals surface area contributed by atoms with Crippen molar-refractivity contribution in [3.63, 3.8) is 0 Å². The molecule has 1 saturated carbocycles. The molecule has 0 radical (unpaired) electrons. The molecule has 6 amide bonds. The Hall–Kier alpha value is -3.88. The van der Waals surface area contributed by atoms with E-state index in [1.165, 1.54) is 31.1 Å². The second kappa shape index (κ2) is 24.5. The zero-order valence-corrected chi connectivity index (χ0v) is 32.7. The number of nitrogens with two attached hydrogens (primary N) is 1. The van der Waals surface area contributed by atoms with Gasteiger partial charge in [0.05, 0.1) is 6.10 Å². The molecule has 0 aromatic carbocycles. The molecule has 16 heteroatoms. The Kier molecular flexibility index (Phi) is 21.0. The number of hydrogen-bond acceptors (Lipinski definition) is 10. The molecule has 0 aromatic heterocycles. The number of aliphatic hydroxyl groups is 1. The fourth-order valence-corrected chi connectivity index (χ4v) is 7.77. The van der Waals surface area contributed by atoms with Crippen molar-refractivity contribution in [2.24, 2.45) is 17.6 Å². The lowest BCUT2D eigenvalue weighted by Gasteiger charge is -2.38. The molecule has 0 spiro atoms. The number of nitrogens with one attached hydrogen (secondary N) is 4. The first-order valence-electron chi connectivity index (χ1n) is 20.0. The fraction of sp³-hybridized carbons (Fsp3) is 0.816.